The summed E-state index contributed by atoms with van der Waals surface area (Å²) >= 11 is 0. The smallest absolute Gasteiger partial charge is 0.151 e. The van der Waals surface area contributed by atoms with E-state index in [0.717, 1.165) is 0 Å². The number of methoxy groups -OCH3 is 2. The maximum absolute atomic E-state index is 10.4. The molecule has 0 aromatic carbocycles. The van der Waals surface area contributed by atoms with Gasteiger partial charge in [0.2, 0.25) is 0 Å². The molecule has 0 saturated heterocycles. The summed E-state index contributed by atoms with van der Waals surface area (Å²) in [6.45, 7) is -0.466. The van der Waals surface area contributed by atoms with Gasteiger partial charge in [0.15, 0.2) is 6.29 Å². The van der Waals surface area contributed by atoms with Gasteiger partial charge in [0.25, 0.3) is 0 Å². The Hall–Kier alpha value is -0.490. The second-order valence-electron chi connectivity index (χ2n) is 2.29. The van der Waals surface area contributed by atoms with E-state index >= 15 is 0 Å². The molecule has 2 N–H and O–H groups in total. The van der Waals surface area contributed by atoms with E-state index in [9.17, 15) is 4.79 Å². The minimum absolute atomic E-state index is 0.466. The number of rotatable bonds is 6. The van der Waals surface area contributed by atoms with Gasteiger partial charge in [-0.25, -0.2) is 0 Å². The first-order valence-corrected chi connectivity index (χ1v) is 3.51. The van der Waals surface area contributed by atoms with E-state index in [0.29, 0.717) is 6.29 Å². The Labute approximate surface area is 70.9 Å². The molecule has 5 heteroatoms. The van der Waals surface area contributed by atoms with E-state index in [-0.39, 0.29) is 0 Å². The molecule has 0 fully saturated rings. The summed E-state index contributed by atoms with van der Waals surface area (Å²) in [6, 6.07) is 0. The molecular weight excluding hydrogens is 164 g/mol. The number of aliphatic hydroxyl groups is 2. The summed E-state index contributed by atoms with van der Waals surface area (Å²) in [5.74, 6) is 0. The lowest BCUT2D eigenvalue weighted by atomic mass is 10.1. The first-order valence-electron chi connectivity index (χ1n) is 3.51. The topological polar surface area (TPSA) is 76.0 Å². The van der Waals surface area contributed by atoms with Crippen LogP contribution < -0.4 is 0 Å². The summed E-state index contributed by atoms with van der Waals surface area (Å²) in [4.78, 5) is 10.4. The summed E-state index contributed by atoms with van der Waals surface area (Å²) in [5, 5.41) is 17.7. The van der Waals surface area contributed by atoms with Crippen LogP contribution in [0.25, 0.3) is 0 Å². The Morgan fingerprint density at radius 3 is 2.25 bits per heavy atom. The molecule has 5 nitrogen and oxygen atoms in total. The predicted octanol–water partition coefficient (Wildman–Crippen LogP) is -1.43. The fourth-order valence-electron chi connectivity index (χ4n) is 0.881. The first-order chi connectivity index (χ1) is 5.71. The fraction of sp³-hybridized carbons (Fsp3) is 0.857. The average Bonchev–Trinajstić information content (AvgIpc) is 2.12. The summed E-state index contributed by atoms with van der Waals surface area (Å²) in [7, 11) is 2.66. The normalized spacial score (nSPS) is 18.3. The van der Waals surface area contributed by atoms with Gasteiger partial charge in [0.05, 0.1) is 6.61 Å². The van der Waals surface area contributed by atoms with Crippen molar-refractivity contribution in [2.75, 3.05) is 20.8 Å². The zero-order valence-corrected chi connectivity index (χ0v) is 7.14. The number of carbonyl (C=O) groups excluding carboxylic acids is 1. The highest BCUT2D eigenvalue weighted by atomic mass is 16.5. The van der Waals surface area contributed by atoms with Gasteiger partial charge in [-0.2, -0.15) is 0 Å². The van der Waals surface area contributed by atoms with Crippen LogP contribution in [0.2, 0.25) is 0 Å². The van der Waals surface area contributed by atoms with Crippen LogP contribution in [-0.4, -0.2) is 55.6 Å². The molecule has 0 aromatic heterocycles. The first kappa shape index (κ1) is 11.5. The average molecular weight is 178 g/mol. The summed E-state index contributed by atoms with van der Waals surface area (Å²) in [5.41, 5.74) is 0. The second-order valence-corrected chi connectivity index (χ2v) is 2.29. The van der Waals surface area contributed by atoms with Crippen molar-refractivity contribution >= 4 is 6.29 Å². The van der Waals surface area contributed by atoms with Gasteiger partial charge in [0.1, 0.15) is 18.3 Å². The molecule has 72 valence electrons. The van der Waals surface area contributed by atoms with Crippen molar-refractivity contribution < 1.29 is 24.5 Å². The van der Waals surface area contributed by atoms with Gasteiger partial charge in [-0.05, 0) is 0 Å². The molecule has 0 rings (SSSR count). The lowest BCUT2D eigenvalue weighted by molar-refractivity contribution is -0.136. The van der Waals surface area contributed by atoms with E-state index < -0.39 is 24.9 Å². The molecule has 0 spiro atoms. The number of hydrogen-bond donors (Lipinski definition) is 2. The highest BCUT2D eigenvalue weighted by Gasteiger charge is 2.27. The van der Waals surface area contributed by atoms with Crippen LogP contribution in [0.3, 0.4) is 0 Å². The van der Waals surface area contributed by atoms with Crippen LogP contribution in [-0.2, 0) is 14.3 Å². The molecule has 0 aliphatic carbocycles. The van der Waals surface area contributed by atoms with Crippen LogP contribution in [0.1, 0.15) is 0 Å². The molecule has 0 unspecified atom stereocenters. The van der Waals surface area contributed by atoms with Gasteiger partial charge in [-0.1, -0.05) is 0 Å². The molecule has 0 heterocycles. The van der Waals surface area contributed by atoms with Crippen molar-refractivity contribution in [3.63, 3.8) is 0 Å². The van der Waals surface area contributed by atoms with Crippen LogP contribution in [0, 0.1) is 0 Å². The standard InChI is InChI=1S/C7H14O5/c1-11-6(4-9)7(12-2)5(10)3-8/h4-8,10H,3H2,1-2H3/t5-,6+,7+/m0/s1. The molecule has 0 aromatic rings. The zero-order chi connectivity index (χ0) is 9.56. The monoisotopic (exact) mass is 178 g/mol. The SMILES string of the molecule is CO[C@H]([C@@H](O)CO)[C@@H](C=O)OC. The Morgan fingerprint density at radius 1 is 1.42 bits per heavy atom. The quantitative estimate of drug-likeness (QED) is 0.488. The van der Waals surface area contributed by atoms with Crippen molar-refractivity contribution in [1.82, 2.24) is 0 Å². The van der Waals surface area contributed by atoms with Crippen molar-refractivity contribution in [3.05, 3.63) is 0 Å². The third kappa shape index (κ3) is 2.86. The third-order valence-electron chi connectivity index (χ3n) is 1.57. The highest BCUT2D eigenvalue weighted by Crippen LogP contribution is 2.05. The van der Waals surface area contributed by atoms with Crippen LogP contribution in [0.4, 0.5) is 0 Å². The lowest BCUT2D eigenvalue weighted by Crippen LogP contribution is -2.42. The molecule has 3 atom stereocenters. The molecular formula is C7H14O5. The fourth-order valence-corrected chi connectivity index (χ4v) is 0.881. The van der Waals surface area contributed by atoms with E-state index in [1.165, 1.54) is 14.2 Å². The van der Waals surface area contributed by atoms with E-state index in [1.807, 2.05) is 0 Å². The number of hydrogen-bond acceptors (Lipinski definition) is 5. The Bertz CT molecular complexity index is 127. The Morgan fingerprint density at radius 2 is 2.00 bits per heavy atom. The number of ether oxygens (including phenoxy) is 2. The van der Waals surface area contributed by atoms with Crippen LogP contribution in [0.15, 0.2) is 0 Å². The maximum Gasteiger partial charge on any atom is 0.151 e. The molecule has 12 heavy (non-hydrogen) atoms. The molecule has 0 bridgehead atoms. The Balaban J connectivity index is 4.19. The van der Waals surface area contributed by atoms with E-state index in [2.05, 4.69) is 0 Å². The maximum atomic E-state index is 10.4. The highest BCUT2D eigenvalue weighted by molar-refractivity contribution is 5.57. The second kappa shape index (κ2) is 6.07. The van der Waals surface area contributed by atoms with E-state index in [4.69, 9.17) is 19.7 Å². The molecule has 0 amide bonds. The van der Waals surface area contributed by atoms with Gasteiger partial charge in [-0.15, -0.1) is 0 Å². The van der Waals surface area contributed by atoms with Gasteiger partial charge in [0, 0.05) is 14.2 Å². The van der Waals surface area contributed by atoms with Gasteiger partial charge < -0.3 is 24.5 Å². The van der Waals surface area contributed by atoms with Crippen molar-refractivity contribution in [3.8, 4) is 0 Å². The molecule has 0 aliphatic rings. The Kier molecular flexibility index (Phi) is 5.83. The molecule has 0 aliphatic heterocycles. The van der Waals surface area contributed by atoms with Crippen molar-refractivity contribution in [2.24, 2.45) is 0 Å². The predicted molar refractivity (Wildman–Crippen MR) is 40.8 cm³/mol. The van der Waals surface area contributed by atoms with Crippen LogP contribution >= 0.6 is 0 Å². The molecule has 0 radical (unpaired) electrons. The minimum atomic E-state index is -1.11. The van der Waals surface area contributed by atoms with Crippen LogP contribution in [0.5, 0.6) is 0 Å². The zero-order valence-electron chi connectivity index (χ0n) is 7.14. The van der Waals surface area contributed by atoms with Crippen molar-refractivity contribution in [2.45, 2.75) is 18.3 Å². The summed E-state index contributed by atoms with van der Waals surface area (Å²) < 4.78 is 9.49. The number of carbonyl (C=O) groups is 1. The van der Waals surface area contributed by atoms with E-state index in [1.54, 1.807) is 0 Å². The lowest BCUT2D eigenvalue weighted by Gasteiger charge is -2.23. The molecule has 0 saturated carbocycles. The number of aldehydes is 1. The third-order valence-corrected chi connectivity index (χ3v) is 1.57. The largest absolute Gasteiger partial charge is 0.394 e. The van der Waals surface area contributed by atoms with Gasteiger partial charge >= 0.3 is 0 Å². The van der Waals surface area contributed by atoms with Crippen molar-refractivity contribution in [1.29, 1.82) is 0 Å². The number of aliphatic hydroxyl groups excluding tert-OH is 2. The van der Waals surface area contributed by atoms with Gasteiger partial charge in [-0.3, -0.25) is 0 Å². The minimum Gasteiger partial charge on any atom is -0.394 e. The summed E-state index contributed by atoms with van der Waals surface area (Å²) in [6.07, 6.45) is -2.26.